The largest absolute Gasteiger partial charge is 0.377 e. The average Bonchev–Trinajstić information content (AvgIpc) is 3.02. The summed E-state index contributed by atoms with van der Waals surface area (Å²) in [4.78, 5) is 0. The number of nitrogens with zero attached hydrogens (tertiary/aromatic N) is 1. The minimum absolute atomic E-state index is 0.238. The Bertz CT molecular complexity index is 1010. The summed E-state index contributed by atoms with van der Waals surface area (Å²) in [6, 6.07) is 13.8. The highest BCUT2D eigenvalue weighted by molar-refractivity contribution is 7.89. The lowest BCUT2D eigenvalue weighted by atomic mass is 10.1. The van der Waals surface area contributed by atoms with Crippen LogP contribution in [0.15, 0.2) is 53.1 Å². The van der Waals surface area contributed by atoms with Crippen molar-refractivity contribution in [3.63, 3.8) is 0 Å². The molecule has 0 saturated heterocycles. The summed E-state index contributed by atoms with van der Waals surface area (Å²) < 4.78 is 41.9. The van der Waals surface area contributed by atoms with Crippen LogP contribution in [0.4, 0.5) is 10.1 Å². The van der Waals surface area contributed by atoms with Crippen LogP contribution in [0, 0.1) is 12.7 Å². The SMILES string of the molecule is Cc1ccc(-c2cc(CNc3ccc(F)cc3CS(C)(=O)=O)on2)cc1. The number of halogens is 1. The van der Waals surface area contributed by atoms with Crippen molar-refractivity contribution in [2.75, 3.05) is 11.6 Å². The highest BCUT2D eigenvalue weighted by Crippen LogP contribution is 2.23. The molecule has 0 bridgehead atoms. The van der Waals surface area contributed by atoms with Gasteiger partial charge in [0.2, 0.25) is 0 Å². The third kappa shape index (κ3) is 4.70. The maximum absolute atomic E-state index is 13.5. The standard InChI is InChI=1S/C19H19FN2O3S/c1-13-3-5-14(6-4-13)19-10-17(25-22-19)11-21-18-8-7-16(20)9-15(18)12-26(2,23)24/h3-10,21H,11-12H2,1-2H3. The van der Waals surface area contributed by atoms with Crippen molar-refractivity contribution >= 4 is 15.5 Å². The molecule has 0 radical (unpaired) electrons. The summed E-state index contributed by atoms with van der Waals surface area (Å²) in [7, 11) is -3.28. The minimum atomic E-state index is -3.28. The van der Waals surface area contributed by atoms with E-state index in [2.05, 4.69) is 10.5 Å². The van der Waals surface area contributed by atoms with Gasteiger partial charge in [-0.15, -0.1) is 0 Å². The molecule has 136 valence electrons. The van der Waals surface area contributed by atoms with Crippen LogP contribution in [0.1, 0.15) is 16.9 Å². The molecule has 1 aromatic heterocycles. The van der Waals surface area contributed by atoms with Crippen molar-refractivity contribution in [1.82, 2.24) is 5.16 Å². The second-order valence-electron chi connectivity index (χ2n) is 6.27. The van der Waals surface area contributed by atoms with Crippen LogP contribution in [0.25, 0.3) is 11.3 Å². The normalized spacial score (nSPS) is 11.5. The monoisotopic (exact) mass is 374 g/mol. The summed E-state index contributed by atoms with van der Waals surface area (Å²) in [5, 5.41) is 7.14. The third-order valence-electron chi connectivity index (χ3n) is 3.84. The number of hydrogen-bond acceptors (Lipinski definition) is 5. The Morgan fingerprint density at radius 3 is 2.54 bits per heavy atom. The van der Waals surface area contributed by atoms with Crippen LogP contribution in [-0.4, -0.2) is 19.8 Å². The molecule has 5 nitrogen and oxygen atoms in total. The first-order valence-electron chi connectivity index (χ1n) is 8.03. The fourth-order valence-corrected chi connectivity index (χ4v) is 3.38. The van der Waals surface area contributed by atoms with Gasteiger partial charge in [-0.05, 0) is 30.7 Å². The molecule has 2 aromatic carbocycles. The predicted molar refractivity (Wildman–Crippen MR) is 99.0 cm³/mol. The van der Waals surface area contributed by atoms with Gasteiger partial charge in [0, 0.05) is 23.6 Å². The number of sulfone groups is 1. The Labute approximate surface area is 151 Å². The number of hydrogen-bond donors (Lipinski definition) is 1. The minimum Gasteiger partial charge on any atom is -0.377 e. The van der Waals surface area contributed by atoms with Crippen molar-refractivity contribution in [1.29, 1.82) is 0 Å². The molecule has 3 rings (SSSR count). The van der Waals surface area contributed by atoms with Crippen molar-refractivity contribution < 1.29 is 17.3 Å². The Morgan fingerprint density at radius 1 is 1.12 bits per heavy atom. The molecule has 0 unspecified atom stereocenters. The van der Waals surface area contributed by atoms with Crippen molar-refractivity contribution in [2.24, 2.45) is 0 Å². The fourth-order valence-electron chi connectivity index (χ4n) is 2.58. The Balaban J connectivity index is 1.74. The number of aromatic nitrogens is 1. The molecular formula is C19H19FN2O3S. The molecule has 1 N–H and O–H groups in total. The van der Waals surface area contributed by atoms with Gasteiger partial charge in [0.05, 0.1) is 12.3 Å². The summed E-state index contributed by atoms with van der Waals surface area (Å²) in [5.41, 5.74) is 3.76. The molecular weight excluding hydrogens is 355 g/mol. The fraction of sp³-hybridized carbons (Fsp3) is 0.211. The zero-order valence-corrected chi connectivity index (χ0v) is 15.3. The van der Waals surface area contributed by atoms with E-state index in [1.165, 1.54) is 18.2 Å². The van der Waals surface area contributed by atoms with E-state index in [1.54, 1.807) is 0 Å². The van der Waals surface area contributed by atoms with Crippen LogP contribution in [0.2, 0.25) is 0 Å². The number of nitrogens with one attached hydrogen (secondary N) is 1. The lowest BCUT2D eigenvalue weighted by Crippen LogP contribution is -2.07. The zero-order valence-electron chi connectivity index (χ0n) is 14.5. The van der Waals surface area contributed by atoms with E-state index in [4.69, 9.17) is 4.52 Å². The Morgan fingerprint density at radius 2 is 1.85 bits per heavy atom. The smallest absolute Gasteiger partial charge is 0.156 e. The van der Waals surface area contributed by atoms with Crippen molar-refractivity contribution in [2.45, 2.75) is 19.2 Å². The predicted octanol–water partition coefficient (Wildman–Crippen LogP) is 3.95. The van der Waals surface area contributed by atoms with Crippen molar-refractivity contribution in [3.05, 3.63) is 71.2 Å². The van der Waals surface area contributed by atoms with Gasteiger partial charge >= 0.3 is 0 Å². The molecule has 26 heavy (non-hydrogen) atoms. The summed E-state index contributed by atoms with van der Waals surface area (Å²) in [5.74, 6) is -0.122. The van der Waals surface area contributed by atoms with Crippen LogP contribution < -0.4 is 5.32 Å². The number of anilines is 1. The van der Waals surface area contributed by atoms with E-state index < -0.39 is 15.7 Å². The number of benzene rings is 2. The first-order valence-corrected chi connectivity index (χ1v) is 10.1. The van der Waals surface area contributed by atoms with Crippen LogP contribution in [0.5, 0.6) is 0 Å². The highest BCUT2D eigenvalue weighted by atomic mass is 32.2. The summed E-state index contributed by atoms with van der Waals surface area (Å²) in [6.45, 7) is 2.32. The number of aryl methyl sites for hydroxylation is 1. The summed E-state index contributed by atoms with van der Waals surface area (Å²) in [6.07, 6.45) is 1.12. The third-order valence-corrected chi connectivity index (χ3v) is 4.68. The molecule has 0 saturated carbocycles. The lowest BCUT2D eigenvalue weighted by molar-refractivity contribution is 0.390. The first kappa shape index (κ1) is 18.1. The molecule has 0 aliphatic rings. The average molecular weight is 374 g/mol. The molecule has 7 heteroatoms. The lowest BCUT2D eigenvalue weighted by Gasteiger charge is -2.10. The topological polar surface area (TPSA) is 72.2 Å². The molecule has 0 atom stereocenters. The van der Waals surface area contributed by atoms with E-state index >= 15 is 0 Å². The molecule has 1 heterocycles. The van der Waals surface area contributed by atoms with Gasteiger partial charge in [0.15, 0.2) is 15.6 Å². The van der Waals surface area contributed by atoms with Crippen LogP contribution >= 0.6 is 0 Å². The quantitative estimate of drug-likeness (QED) is 0.707. The second kappa shape index (κ2) is 7.29. The molecule has 0 aliphatic heterocycles. The van der Waals surface area contributed by atoms with Crippen molar-refractivity contribution in [3.8, 4) is 11.3 Å². The highest BCUT2D eigenvalue weighted by Gasteiger charge is 2.12. The van der Waals surface area contributed by atoms with Gasteiger partial charge in [-0.25, -0.2) is 12.8 Å². The number of rotatable bonds is 6. The molecule has 0 aliphatic carbocycles. The van der Waals surface area contributed by atoms with Gasteiger partial charge in [-0.2, -0.15) is 0 Å². The Hall–Kier alpha value is -2.67. The van der Waals surface area contributed by atoms with E-state index in [0.717, 1.165) is 23.1 Å². The van der Waals surface area contributed by atoms with E-state index in [-0.39, 0.29) is 5.75 Å². The van der Waals surface area contributed by atoms with Gasteiger partial charge in [-0.3, -0.25) is 0 Å². The molecule has 0 amide bonds. The molecule has 3 aromatic rings. The maximum atomic E-state index is 13.5. The first-order chi connectivity index (χ1) is 12.3. The second-order valence-corrected chi connectivity index (χ2v) is 8.41. The zero-order chi connectivity index (χ0) is 18.7. The van der Waals surface area contributed by atoms with Crippen LogP contribution in [-0.2, 0) is 22.1 Å². The van der Waals surface area contributed by atoms with E-state index in [9.17, 15) is 12.8 Å². The van der Waals surface area contributed by atoms with E-state index in [1.807, 2.05) is 37.3 Å². The maximum Gasteiger partial charge on any atom is 0.156 e. The van der Waals surface area contributed by atoms with Gasteiger partial charge in [0.25, 0.3) is 0 Å². The molecule has 0 spiro atoms. The summed E-state index contributed by atoms with van der Waals surface area (Å²) >= 11 is 0. The van der Waals surface area contributed by atoms with E-state index in [0.29, 0.717) is 23.6 Å². The van der Waals surface area contributed by atoms with Crippen LogP contribution in [0.3, 0.4) is 0 Å². The molecule has 0 fully saturated rings. The van der Waals surface area contributed by atoms with Gasteiger partial charge < -0.3 is 9.84 Å². The Kier molecular flexibility index (Phi) is 5.08. The van der Waals surface area contributed by atoms with Gasteiger partial charge in [0.1, 0.15) is 11.5 Å². The van der Waals surface area contributed by atoms with Gasteiger partial charge in [-0.1, -0.05) is 35.0 Å².